The third-order valence-corrected chi connectivity index (χ3v) is 4.29. The van der Waals surface area contributed by atoms with Crippen molar-refractivity contribution in [1.82, 2.24) is 10.6 Å². The van der Waals surface area contributed by atoms with Gasteiger partial charge >= 0.3 is 0 Å². The average Bonchev–Trinajstić information content (AvgIpc) is 2.38. The minimum Gasteiger partial charge on any atom is -0.356 e. The Morgan fingerprint density at radius 2 is 2.00 bits per heavy atom. The second kappa shape index (κ2) is 8.23. The monoisotopic (exact) mass is 365 g/mol. The first kappa shape index (κ1) is 16.1. The summed E-state index contributed by atoms with van der Waals surface area (Å²) in [5.74, 6) is 3.73. The van der Waals surface area contributed by atoms with Crippen LogP contribution in [0.25, 0.3) is 0 Å². The number of aliphatic imine (C=N–C) groups is 1. The Morgan fingerprint density at radius 3 is 2.56 bits per heavy atom. The number of guanidine groups is 1. The number of hydrogen-bond donors (Lipinski definition) is 2. The van der Waals surface area contributed by atoms with E-state index < -0.39 is 0 Å². The molecule has 0 amide bonds. The topological polar surface area (TPSA) is 36.4 Å². The van der Waals surface area contributed by atoms with E-state index >= 15 is 0 Å². The Kier molecular flexibility index (Phi) is 7.34. The zero-order valence-electron chi connectivity index (χ0n) is 11.7. The first-order chi connectivity index (χ1) is 8.25. The summed E-state index contributed by atoms with van der Waals surface area (Å²) in [5, 5.41) is 6.80. The fourth-order valence-corrected chi connectivity index (χ4v) is 2.95. The van der Waals surface area contributed by atoms with Crippen LogP contribution in [0.15, 0.2) is 4.99 Å². The van der Waals surface area contributed by atoms with Gasteiger partial charge in [0.1, 0.15) is 0 Å². The maximum atomic E-state index is 4.45. The lowest BCUT2D eigenvalue weighted by atomic mass is 9.77. The molecule has 2 aliphatic rings. The molecule has 0 aromatic rings. The van der Waals surface area contributed by atoms with Gasteiger partial charge in [0.15, 0.2) is 5.96 Å². The van der Waals surface area contributed by atoms with Crippen molar-refractivity contribution in [1.29, 1.82) is 0 Å². The highest BCUT2D eigenvalue weighted by Gasteiger charge is 2.23. The predicted octanol–water partition coefficient (Wildman–Crippen LogP) is 3.01. The second-order valence-corrected chi connectivity index (χ2v) is 5.92. The van der Waals surface area contributed by atoms with Crippen LogP contribution in [0, 0.1) is 17.8 Å². The summed E-state index contributed by atoms with van der Waals surface area (Å²) in [6.07, 6.45) is 6.80. The van der Waals surface area contributed by atoms with Crippen LogP contribution in [0.1, 0.15) is 46.0 Å². The fraction of sp³-hybridized carbons (Fsp3) is 0.929. The van der Waals surface area contributed by atoms with Gasteiger partial charge in [0.2, 0.25) is 0 Å². The molecule has 18 heavy (non-hydrogen) atoms. The van der Waals surface area contributed by atoms with Gasteiger partial charge in [-0.2, -0.15) is 0 Å². The number of hydrogen-bond acceptors (Lipinski definition) is 3. The largest absolute Gasteiger partial charge is 0.356 e. The summed E-state index contributed by atoms with van der Waals surface area (Å²) in [6, 6.07) is 0. The lowest BCUT2D eigenvalue weighted by Crippen LogP contribution is -2.43. The molecule has 0 bridgehead atoms. The zero-order valence-corrected chi connectivity index (χ0v) is 14.1. The van der Waals surface area contributed by atoms with Crippen LogP contribution in [0.4, 0.5) is 0 Å². The van der Waals surface area contributed by atoms with Crippen LogP contribution in [0.2, 0.25) is 0 Å². The number of nitrogens with one attached hydrogen (secondary N) is 2. The SMILES string of the molecule is CC(C)C1CCC(CNC2=NCCCN2)CC1.I. The molecule has 106 valence electrons. The first-order valence-corrected chi connectivity index (χ1v) is 7.28. The molecular weight excluding hydrogens is 337 g/mol. The summed E-state index contributed by atoms with van der Waals surface area (Å²) in [7, 11) is 0. The second-order valence-electron chi connectivity index (χ2n) is 5.92. The summed E-state index contributed by atoms with van der Waals surface area (Å²) in [4.78, 5) is 4.45. The molecule has 2 N–H and O–H groups in total. The summed E-state index contributed by atoms with van der Waals surface area (Å²) in [5.41, 5.74) is 0. The molecule has 1 fully saturated rings. The Balaban J connectivity index is 0.00000162. The highest BCUT2D eigenvalue weighted by Crippen LogP contribution is 2.32. The molecule has 4 heteroatoms. The fourth-order valence-electron chi connectivity index (χ4n) is 2.95. The van der Waals surface area contributed by atoms with E-state index in [4.69, 9.17) is 0 Å². The molecule has 0 atom stereocenters. The van der Waals surface area contributed by atoms with Gasteiger partial charge in [-0.15, -0.1) is 24.0 Å². The number of rotatable bonds is 3. The standard InChI is InChI=1S/C14H27N3.HI/c1-11(2)13-6-4-12(5-7-13)10-17-14-15-8-3-9-16-14;/h11-13H,3-10H2,1-2H3,(H2,15,16,17);1H. The van der Waals surface area contributed by atoms with Crippen molar-refractivity contribution in [3.8, 4) is 0 Å². The molecule has 1 saturated carbocycles. The van der Waals surface area contributed by atoms with Crippen molar-refractivity contribution in [3.05, 3.63) is 0 Å². The Bertz CT molecular complexity index is 258. The molecule has 1 heterocycles. The quantitative estimate of drug-likeness (QED) is 0.755. The molecule has 1 aliphatic carbocycles. The van der Waals surface area contributed by atoms with E-state index in [-0.39, 0.29) is 24.0 Å². The molecule has 0 aromatic carbocycles. The molecule has 0 radical (unpaired) electrons. The minimum atomic E-state index is 0. The van der Waals surface area contributed by atoms with Gasteiger partial charge in [-0.1, -0.05) is 13.8 Å². The lowest BCUT2D eigenvalue weighted by molar-refractivity contribution is 0.224. The van der Waals surface area contributed by atoms with Crippen molar-refractivity contribution in [2.45, 2.75) is 46.0 Å². The summed E-state index contributed by atoms with van der Waals surface area (Å²) < 4.78 is 0. The molecule has 2 rings (SSSR count). The summed E-state index contributed by atoms with van der Waals surface area (Å²) in [6.45, 7) is 7.89. The molecule has 0 aromatic heterocycles. The van der Waals surface area contributed by atoms with E-state index in [2.05, 4.69) is 29.5 Å². The van der Waals surface area contributed by atoms with Crippen LogP contribution in [-0.4, -0.2) is 25.6 Å². The van der Waals surface area contributed by atoms with Gasteiger partial charge in [0.05, 0.1) is 0 Å². The smallest absolute Gasteiger partial charge is 0.191 e. The van der Waals surface area contributed by atoms with Crippen molar-refractivity contribution in [2.24, 2.45) is 22.7 Å². The van der Waals surface area contributed by atoms with Crippen molar-refractivity contribution in [3.63, 3.8) is 0 Å². The number of halogens is 1. The van der Waals surface area contributed by atoms with E-state index in [0.717, 1.165) is 43.3 Å². The van der Waals surface area contributed by atoms with E-state index in [0.29, 0.717) is 0 Å². The molecule has 0 unspecified atom stereocenters. The van der Waals surface area contributed by atoms with Crippen molar-refractivity contribution < 1.29 is 0 Å². The van der Waals surface area contributed by atoms with Gasteiger partial charge in [-0.3, -0.25) is 4.99 Å². The third-order valence-electron chi connectivity index (χ3n) is 4.29. The van der Waals surface area contributed by atoms with Gasteiger partial charge in [0.25, 0.3) is 0 Å². The van der Waals surface area contributed by atoms with Crippen LogP contribution < -0.4 is 10.6 Å². The maximum absolute atomic E-state index is 4.45. The van der Waals surface area contributed by atoms with Gasteiger partial charge < -0.3 is 10.6 Å². The van der Waals surface area contributed by atoms with Crippen molar-refractivity contribution >= 4 is 29.9 Å². The predicted molar refractivity (Wildman–Crippen MR) is 88.6 cm³/mol. The van der Waals surface area contributed by atoms with E-state index in [1.165, 1.54) is 32.1 Å². The van der Waals surface area contributed by atoms with Crippen LogP contribution in [0.3, 0.4) is 0 Å². The number of nitrogens with zero attached hydrogens (tertiary/aromatic N) is 1. The van der Waals surface area contributed by atoms with E-state index in [1.807, 2.05) is 0 Å². The Morgan fingerprint density at radius 1 is 1.28 bits per heavy atom. The average molecular weight is 365 g/mol. The summed E-state index contributed by atoms with van der Waals surface area (Å²) >= 11 is 0. The van der Waals surface area contributed by atoms with Crippen LogP contribution >= 0.6 is 24.0 Å². The van der Waals surface area contributed by atoms with Crippen LogP contribution in [-0.2, 0) is 0 Å². The van der Waals surface area contributed by atoms with Crippen LogP contribution in [0.5, 0.6) is 0 Å². The third kappa shape index (κ3) is 4.94. The normalized spacial score (nSPS) is 28.1. The molecular formula is C14H28IN3. The zero-order chi connectivity index (χ0) is 12.1. The molecule has 3 nitrogen and oxygen atoms in total. The Hall–Kier alpha value is 0. The van der Waals surface area contributed by atoms with Gasteiger partial charge in [-0.05, 0) is 49.9 Å². The first-order valence-electron chi connectivity index (χ1n) is 7.28. The highest BCUT2D eigenvalue weighted by atomic mass is 127. The van der Waals surface area contributed by atoms with Gasteiger partial charge in [0, 0.05) is 19.6 Å². The van der Waals surface area contributed by atoms with Gasteiger partial charge in [-0.25, -0.2) is 0 Å². The lowest BCUT2D eigenvalue weighted by Gasteiger charge is -2.31. The Labute approximate surface area is 129 Å². The molecule has 0 saturated heterocycles. The maximum Gasteiger partial charge on any atom is 0.191 e. The molecule has 0 spiro atoms. The highest BCUT2D eigenvalue weighted by molar-refractivity contribution is 14.0. The van der Waals surface area contributed by atoms with Crippen molar-refractivity contribution in [2.75, 3.05) is 19.6 Å². The van der Waals surface area contributed by atoms with E-state index in [1.54, 1.807) is 0 Å². The van der Waals surface area contributed by atoms with E-state index in [9.17, 15) is 0 Å². The molecule has 1 aliphatic heterocycles. The minimum absolute atomic E-state index is 0.